The highest BCUT2D eigenvalue weighted by Crippen LogP contribution is 2.23. The molecule has 0 spiro atoms. The molecule has 0 unspecified atom stereocenters. The Hall–Kier alpha value is -7.88. The van der Waals surface area contributed by atoms with Gasteiger partial charge in [-0.2, -0.15) is 29.5 Å². The number of nitrogens with one attached hydrogen (secondary N) is 2. The summed E-state index contributed by atoms with van der Waals surface area (Å²) in [7, 11) is 0. The Labute approximate surface area is 359 Å². The molecule has 2 aliphatic heterocycles. The highest BCUT2D eigenvalue weighted by molar-refractivity contribution is 5.78. The van der Waals surface area contributed by atoms with Crippen molar-refractivity contribution in [3.63, 3.8) is 0 Å². The second-order valence-electron chi connectivity index (χ2n) is 14.5. The molecule has 8 heterocycles. The zero-order valence-electron chi connectivity index (χ0n) is 34.2. The lowest BCUT2D eigenvalue weighted by molar-refractivity contribution is -0.137. The van der Waals surface area contributed by atoms with Gasteiger partial charge in [0.2, 0.25) is 11.9 Å². The predicted molar refractivity (Wildman–Crippen MR) is 230 cm³/mol. The number of anilines is 4. The van der Waals surface area contributed by atoms with E-state index in [4.69, 9.17) is 20.3 Å². The number of ketones is 1. The van der Waals surface area contributed by atoms with Crippen molar-refractivity contribution in [3.05, 3.63) is 85.7 Å². The van der Waals surface area contributed by atoms with Crippen molar-refractivity contribution in [3.8, 4) is 22.9 Å². The SMILES string of the molecule is NCCCCOc1ccc(Nc2ncc3nnn(-c4cnn(CCC(=O)O)c4)c3n2)cc1.O=C1CCCCCOc2ccc(cc2)Nc2ncc3nnn(c3n2)-c2cnn(c2)CC1. The minimum Gasteiger partial charge on any atom is -0.494 e. The van der Waals surface area contributed by atoms with E-state index in [1.807, 2.05) is 54.7 Å². The molecule has 22 heteroatoms. The quantitative estimate of drug-likeness (QED) is 0.127. The smallest absolute Gasteiger partial charge is 0.305 e. The number of carbonyl (C=O) groups is 2. The molecule has 0 radical (unpaired) electrons. The summed E-state index contributed by atoms with van der Waals surface area (Å²) in [5.74, 6) is 1.77. The van der Waals surface area contributed by atoms with Gasteiger partial charge in [0.15, 0.2) is 22.3 Å². The molecular formula is C41H45N17O5. The predicted octanol–water partition coefficient (Wildman–Crippen LogP) is 4.81. The molecule has 0 saturated carbocycles. The average molecular weight is 856 g/mol. The first-order valence-corrected chi connectivity index (χ1v) is 20.5. The van der Waals surface area contributed by atoms with E-state index >= 15 is 0 Å². The highest BCUT2D eigenvalue weighted by Gasteiger charge is 2.15. The Morgan fingerprint density at radius 1 is 0.841 bits per heavy atom. The number of ether oxygens (including phenoxy) is 2. The molecule has 0 atom stereocenters. The Balaban J connectivity index is 0.000000173. The number of Topliss-reactive ketones (excluding diaryl/α,β-unsaturated/α-hetero) is 1. The maximum atomic E-state index is 12.2. The number of hydrogen-bond acceptors (Lipinski definition) is 17. The molecule has 0 fully saturated rings. The van der Waals surface area contributed by atoms with Gasteiger partial charge in [-0.15, -0.1) is 10.2 Å². The van der Waals surface area contributed by atoms with Crippen molar-refractivity contribution in [2.24, 2.45) is 5.73 Å². The summed E-state index contributed by atoms with van der Waals surface area (Å²) < 4.78 is 17.9. The second kappa shape index (κ2) is 20.1. The zero-order chi connectivity index (χ0) is 43.4. The van der Waals surface area contributed by atoms with Gasteiger partial charge in [0.25, 0.3) is 0 Å². The van der Waals surface area contributed by atoms with Crippen LogP contribution < -0.4 is 25.8 Å². The summed E-state index contributed by atoms with van der Waals surface area (Å²) in [6.07, 6.45) is 15.7. The minimum absolute atomic E-state index is 0.0208. The Bertz CT molecular complexity index is 2760. The average Bonchev–Trinajstić information content (AvgIpc) is 4.13. The van der Waals surface area contributed by atoms with Crippen molar-refractivity contribution in [1.82, 2.24) is 69.5 Å². The van der Waals surface area contributed by atoms with E-state index in [0.717, 1.165) is 60.7 Å². The largest absolute Gasteiger partial charge is 0.494 e. The van der Waals surface area contributed by atoms with Crippen LogP contribution >= 0.6 is 0 Å². The Morgan fingerprint density at radius 3 is 2.37 bits per heavy atom. The topological polar surface area (TPSA) is 272 Å². The number of fused-ring (bicyclic) bond motifs is 11. The molecular weight excluding hydrogens is 811 g/mol. The fraction of sp³-hybridized carbons (Fsp3) is 0.317. The van der Waals surface area contributed by atoms with Crippen LogP contribution in [0.2, 0.25) is 0 Å². The maximum Gasteiger partial charge on any atom is 0.305 e. The number of rotatable bonds is 11. The van der Waals surface area contributed by atoms with Crippen LogP contribution in [0.1, 0.15) is 51.4 Å². The fourth-order valence-corrected chi connectivity index (χ4v) is 6.42. The first kappa shape index (κ1) is 41.8. The van der Waals surface area contributed by atoms with Gasteiger partial charge in [-0.05, 0) is 87.2 Å². The molecule has 5 N–H and O–H groups in total. The van der Waals surface area contributed by atoms with Crippen molar-refractivity contribution >= 4 is 57.4 Å². The molecule has 324 valence electrons. The first-order chi connectivity index (χ1) is 30.9. The second-order valence-corrected chi connectivity index (χ2v) is 14.5. The lowest BCUT2D eigenvalue weighted by Crippen LogP contribution is -2.06. The van der Waals surface area contributed by atoms with E-state index in [1.165, 1.54) is 9.36 Å². The van der Waals surface area contributed by atoms with Crippen LogP contribution in [0.5, 0.6) is 11.5 Å². The Kier molecular flexibility index (Phi) is 13.4. The summed E-state index contributed by atoms with van der Waals surface area (Å²) in [5, 5.41) is 40.2. The molecule has 22 nitrogen and oxygen atoms in total. The molecule has 10 rings (SSSR count). The van der Waals surface area contributed by atoms with E-state index in [2.05, 4.69) is 61.4 Å². The number of aromatic nitrogens is 14. The lowest BCUT2D eigenvalue weighted by Gasteiger charge is -2.08. The minimum atomic E-state index is -0.886. The van der Waals surface area contributed by atoms with Crippen molar-refractivity contribution in [1.29, 1.82) is 0 Å². The number of hydrogen-bond donors (Lipinski definition) is 4. The number of nitrogens with two attached hydrogens (primary N) is 1. The van der Waals surface area contributed by atoms with Gasteiger partial charge >= 0.3 is 5.97 Å². The van der Waals surface area contributed by atoms with Crippen LogP contribution in [0.3, 0.4) is 0 Å². The fourth-order valence-electron chi connectivity index (χ4n) is 6.42. The van der Waals surface area contributed by atoms with Gasteiger partial charge < -0.3 is 30.9 Å². The van der Waals surface area contributed by atoms with Crippen LogP contribution in [0.15, 0.2) is 85.7 Å². The van der Waals surface area contributed by atoms with E-state index in [9.17, 15) is 9.59 Å². The summed E-state index contributed by atoms with van der Waals surface area (Å²) in [5.41, 5.74) is 10.7. The molecule has 2 aromatic carbocycles. The van der Waals surface area contributed by atoms with Gasteiger partial charge in [0.05, 0.1) is 63.4 Å². The van der Waals surface area contributed by atoms with Crippen molar-refractivity contribution in [2.45, 2.75) is 64.5 Å². The van der Waals surface area contributed by atoms with Crippen LogP contribution in [0.4, 0.5) is 23.3 Å². The number of aryl methyl sites for hydroxylation is 2. The Morgan fingerprint density at radius 2 is 1.59 bits per heavy atom. The van der Waals surface area contributed by atoms with Gasteiger partial charge in [0, 0.05) is 30.8 Å². The van der Waals surface area contributed by atoms with Crippen LogP contribution in [-0.4, -0.2) is 106 Å². The molecule has 0 aliphatic carbocycles. The number of aliphatic carboxylic acids is 1. The molecule has 2 aliphatic rings. The normalized spacial score (nSPS) is 13.2. The third kappa shape index (κ3) is 11.1. The number of benzene rings is 2. The zero-order valence-corrected chi connectivity index (χ0v) is 34.2. The van der Waals surface area contributed by atoms with Gasteiger partial charge in [-0.25, -0.2) is 9.97 Å². The molecule has 0 amide bonds. The summed E-state index contributed by atoms with van der Waals surface area (Å²) in [4.78, 5) is 40.7. The van der Waals surface area contributed by atoms with E-state index in [1.54, 1.807) is 40.3 Å². The van der Waals surface area contributed by atoms with Gasteiger partial charge in [-0.1, -0.05) is 10.4 Å². The van der Waals surface area contributed by atoms with Gasteiger partial charge in [0.1, 0.15) is 28.7 Å². The monoisotopic (exact) mass is 855 g/mol. The number of nitrogens with zero attached hydrogens (tertiary/aromatic N) is 14. The number of carboxylic acid groups (broad SMARTS) is 1. The number of unbranched alkanes of at least 4 members (excludes halogenated alkanes) is 1. The van der Waals surface area contributed by atoms with Crippen LogP contribution in [-0.2, 0) is 22.7 Å². The molecule has 63 heavy (non-hydrogen) atoms. The third-order valence-corrected chi connectivity index (χ3v) is 9.74. The number of carboxylic acids is 1. The summed E-state index contributed by atoms with van der Waals surface area (Å²) in [6.45, 7) is 2.72. The van der Waals surface area contributed by atoms with Crippen molar-refractivity contribution in [2.75, 3.05) is 30.4 Å². The summed E-state index contributed by atoms with van der Waals surface area (Å²) >= 11 is 0. The molecule has 8 aromatic rings. The van der Waals surface area contributed by atoms with E-state index in [-0.39, 0.29) is 18.7 Å². The molecule has 0 saturated heterocycles. The standard InChI is InChI=1S/C21H22N8O2.C20H23N9O3/c30-17-4-2-1-3-11-31-18-7-5-15(6-8-18)24-21-22-13-19-20(25-21)29(27-26-19)16-12-23-28(14-16)10-9-17;21-8-1-2-10-32-16-5-3-14(4-6-16)24-20-22-12-17-19(25-20)29(27-26-17)15-11-23-28(13-15)9-7-18(30)31/h5-8,12-14H,1-4,9-11H2,(H,22,24,25);3-6,11-13H,1-2,7-10,21H2,(H,30,31)(H,22,24,25). The lowest BCUT2D eigenvalue weighted by atomic mass is 10.1. The number of carbonyl (C=O) groups excluding carboxylic acids is 1. The van der Waals surface area contributed by atoms with Gasteiger partial charge in [-0.3, -0.25) is 19.0 Å². The van der Waals surface area contributed by atoms with Crippen LogP contribution in [0, 0.1) is 0 Å². The van der Waals surface area contributed by atoms with Crippen LogP contribution in [0.25, 0.3) is 33.7 Å². The summed E-state index contributed by atoms with van der Waals surface area (Å²) in [6, 6.07) is 15.2. The maximum absolute atomic E-state index is 12.2. The first-order valence-electron chi connectivity index (χ1n) is 20.5. The highest BCUT2D eigenvalue weighted by atomic mass is 16.5. The van der Waals surface area contributed by atoms with E-state index in [0.29, 0.717) is 79.1 Å². The van der Waals surface area contributed by atoms with E-state index < -0.39 is 5.97 Å². The van der Waals surface area contributed by atoms with Crippen molar-refractivity contribution < 1.29 is 24.2 Å². The third-order valence-electron chi connectivity index (χ3n) is 9.74. The molecule has 6 aromatic heterocycles. The molecule has 6 bridgehead atoms.